The molecule has 27 heavy (non-hydrogen) atoms. The number of aryl methyl sites for hydroxylation is 1. The normalized spacial score (nSPS) is 10.8. The van der Waals surface area contributed by atoms with Gasteiger partial charge in [0.1, 0.15) is 10.9 Å². The van der Waals surface area contributed by atoms with E-state index in [2.05, 4.69) is 22.4 Å². The Morgan fingerprint density at radius 3 is 2.89 bits per heavy atom. The molecule has 0 unspecified atom stereocenters. The summed E-state index contributed by atoms with van der Waals surface area (Å²) in [7, 11) is 0. The van der Waals surface area contributed by atoms with Crippen LogP contribution in [-0.2, 0) is 4.79 Å². The molecule has 0 aliphatic carbocycles. The van der Waals surface area contributed by atoms with Gasteiger partial charge in [0.05, 0.1) is 5.75 Å². The van der Waals surface area contributed by atoms with E-state index in [9.17, 15) is 4.79 Å². The minimum Gasteiger partial charge on any atom is -0.436 e. The molecule has 4 aromatic rings. The molecule has 0 atom stereocenters. The highest BCUT2D eigenvalue weighted by atomic mass is 32.2. The quantitative estimate of drug-likeness (QED) is 0.503. The summed E-state index contributed by atoms with van der Waals surface area (Å²) in [5.74, 6) is 0.416. The van der Waals surface area contributed by atoms with Crippen LogP contribution in [0.2, 0.25) is 0 Å². The summed E-state index contributed by atoms with van der Waals surface area (Å²) in [6.45, 7) is 1.92. The average molecular weight is 373 g/mol. The maximum absolute atomic E-state index is 11.9. The fourth-order valence-corrected chi connectivity index (χ4v) is 3.36. The predicted molar refractivity (Wildman–Crippen MR) is 108 cm³/mol. The smallest absolute Gasteiger partial charge is 0.235 e. The van der Waals surface area contributed by atoms with Crippen molar-refractivity contribution in [3.05, 3.63) is 60.2 Å². The summed E-state index contributed by atoms with van der Waals surface area (Å²) < 4.78 is 6.05. The molecule has 3 aromatic carbocycles. The lowest BCUT2D eigenvalue weighted by molar-refractivity contribution is -0.113. The van der Waals surface area contributed by atoms with E-state index in [0.29, 0.717) is 22.7 Å². The second-order valence-electron chi connectivity index (χ2n) is 6.12. The number of hydrogen-bond donors (Lipinski definition) is 1. The first kappa shape index (κ1) is 17.1. The molecule has 6 heteroatoms. The van der Waals surface area contributed by atoms with Gasteiger partial charge in [-0.15, -0.1) is 0 Å². The summed E-state index contributed by atoms with van der Waals surface area (Å²) in [4.78, 5) is 16.5. The lowest BCUT2D eigenvalue weighted by Crippen LogP contribution is -2.13. The first-order valence-electron chi connectivity index (χ1n) is 8.36. The Bertz CT molecular complexity index is 1200. The summed E-state index contributed by atoms with van der Waals surface area (Å²) in [5.41, 5.74) is 3.83. The van der Waals surface area contributed by atoms with Gasteiger partial charge in [0.25, 0.3) is 0 Å². The zero-order valence-corrected chi connectivity index (χ0v) is 15.3. The van der Waals surface area contributed by atoms with Crippen molar-refractivity contribution in [3.63, 3.8) is 0 Å². The molecule has 4 rings (SSSR count). The highest BCUT2D eigenvalue weighted by molar-refractivity contribution is 8.04. The van der Waals surface area contributed by atoms with E-state index in [0.717, 1.165) is 33.7 Å². The minimum atomic E-state index is -0.224. The lowest BCUT2D eigenvalue weighted by Gasteiger charge is -2.04. The van der Waals surface area contributed by atoms with Crippen LogP contribution in [0.15, 0.2) is 59.0 Å². The molecule has 132 valence electrons. The molecule has 0 spiro atoms. The molecule has 1 N–H and O–H groups in total. The molecule has 0 radical (unpaired) electrons. The van der Waals surface area contributed by atoms with Gasteiger partial charge in [-0.2, -0.15) is 5.26 Å². The van der Waals surface area contributed by atoms with Gasteiger partial charge < -0.3 is 9.73 Å². The molecular formula is C21H15N3O2S. The van der Waals surface area contributed by atoms with E-state index < -0.39 is 0 Å². The summed E-state index contributed by atoms with van der Waals surface area (Å²) in [6.07, 6.45) is 0. The van der Waals surface area contributed by atoms with Crippen LogP contribution >= 0.6 is 11.8 Å². The maximum Gasteiger partial charge on any atom is 0.235 e. The van der Waals surface area contributed by atoms with Crippen LogP contribution in [0, 0.1) is 17.6 Å². The zero-order chi connectivity index (χ0) is 18.8. The van der Waals surface area contributed by atoms with Crippen LogP contribution in [0.1, 0.15) is 5.56 Å². The van der Waals surface area contributed by atoms with Crippen molar-refractivity contribution < 1.29 is 9.21 Å². The Balaban J connectivity index is 1.75. The van der Waals surface area contributed by atoms with E-state index in [1.54, 1.807) is 6.07 Å². The van der Waals surface area contributed by atoms with Crippen LogP contribution in [0.25, 0.3) is 33.3 Å². The van der Waals surface area contributed by atoms with Crippen LogP contribution in [0.4, 0.5) is 5.69 Å². The van der Waals surface area contributed by atoms with Gasteiger partial charge in [-0.25, -0.2) is 4.98 Å². The van der Waals surface area contributed by atoms with Crippen LogP contribution in [0.3, 0.4) is 0 Å². The van der Waals surface area contributed by atoms with Gasteiger partial charge in [0.15, 0.2) is 5.58 Å². The third kappa shape index (κ3) is 3.37. The van der Waals surface area contributed by atoms with E-state index in [4.69, 9.17) is 9.68 Å². The number of amides is 1. The van der Waals surface area contributed by atoms with Gasteiger partial charge in [-0.3, -0.25) is 4.79 Å². The monoisotopic (exact) mass is 373 g/mol. The number of oxazole rings is 1. The molecule has 5 nitrogen and oxygen atoms in total. The van der Waals surface area contributed by atoms with E-state index in [-0.39, 0.29) is 11.7 Å². The van der Waals surface area contributed by atoms with Gasteiger partial charge in [-0.1, -0.05) is 36.4 Å². The van der Waals surface area contributed by atoms with Gasteiger partial charge in [0, 0.05) is 11.3 Å². The number of carbonyl (C=O) groups is 1. The molecule has 0 saturated carbocycles. The Morgan fingerprint density at radius 2 is 2.04 bits per heavy atom. The minimum absolute atomic E-state index is 0.0909. The van der Waals surface area contributed by atoms with Crippen molar-refractivity contribution in [1.29, 1.82) is 5.26 Å². The van der Waals surface area contributed by atoms with Gasteiger partial charge in [0.2, 0.25) is 11.8 Å². The highest BCUT2D eigenvalue weighted by Crippen LogP contribution is 2.32. The first-order valence-corrected chi connectivity index (χ1v) is 9.34. The maximum atomic E-state index is 11.9. The number of thiocyanates is 1. The standard InChI is InChI=1S/C21H15N3O2S/c1-13-9-15(23-19(25)11-27-12-22)10-18-20(13)26-21(24-18)17-8-4-6-14-5-2-3-7-16(14)17/h2-10H,11H2,1H3,(H,23,25). The number of benzene rings is 3. The second-order valence-corrected chi connectivity index (χ2v) is 6.88. The molecule has 0 aliphatic rings. The fourth-order valence-electron chi connectivity index (χ4n) is 3.09. The topological polar surface area (TPSA) is 78.9 Å². The van der Waals surface area contributed by atoms with Crippen molar-refractivity contribution in [1.82, 2.24) is 4.98 Å². The molecular weight excluding hydrogens is 358 g/mol. The molecule has 0 aliphatic heterocycles. The van der Waals surface area contributed by atoms with Crippen molar-refractivity contribution in [3.8, 4) is 16.9 Å². The largest absolute Gasteiger partial charge is 0.436 e. The zero-order valence-electron chi connectivity index (χ0n) is 14.5. The highest BCUT2D eigenvalue weighted by Gasteiger charge is 2.14. The first-order chi connectivity index (χ1) is 13.2. The van der Waals surface area contributed by atoms with Crippen LogP contribution in [0.5, 0.6) is 0 Å². The number of nitrogens with zero attached hydrogens (tertiary/aromatic N) is 2. The average Bonchev–Trinajstić information content (AvgIpc) is 3.10. The summed E-state index contributed by atoms with van der Waals surface area (Å²) in [5, 5.41) is 15.4. The number of aromatic nitrogens is 1. The Hall–Kier alpha value is -3.30. The van der Waals surface area contributed by atoms with Gasteiger partial charge in [-0.05, 0) is 53.2 Å². The molecule has 1 heterocycles. The molecule has 0 bridgehead atoms. The summed E-state index contributed by atoms with van der Waals surface area (Å²) in [6, 6.07) is 17.8. The molecule has 0 fully saturated rings. The van der Waals surface area contributed by atoms with Crippen molar-refractivity contribution in [2.24, 2.45) is 0 Å². The number of carbonyl (C=O) groups excluding carboxylic acids is 1. The van der Waals surface area contributed by atoms with Crippen LogP contribution in [-0.4, -0.2) is 16.6 Å². The van der Waals surface area contributed by atoms with E-state index >= 15 is 0 Å². The number of hydrogen-bond acceptors (Lipinski definition) is 5. The van der Waals surface area contributed by atoms with Gasteiger partial charge >= 0.3 is 0 Å². The SMILES string of the molecule is Cc1cc(NC(=O)CSC#N)cc2nc(-c3cccc4ccccc34)oc12. The van der Waals surface area contributed by atoms with E-state index in [1.807, 2.05) is 48.7 Å². The van der Waals surface area contributed by atoms with Crippen LogP contribution < -0.4 is 5.32 Å². The third-order valence-electron chi connectivity index (χ3n) is 4.25. The fraction of sp³-hybridized carbons (Fsp3) is 0.0952. The molecule has 0 saturated heterocycles. The number of nitrogens with one attached hydrogen (secondary N) is 1. The number of nitriles is 1. The lowest BCUT2D eigenvalue weighted by atomic mass is 10.0. The summed E-state index contributed by atoms with van der Waals surface area (Å²) >= 11 is 0.905. The molecule has 1 amide bonds. The third-order valence-corrected chi connectivity index (χ3v) is 4.78. The van der Waals surface area contributed by atoms with E-state index in [1.165, 1.54) is 0 Å². The predicted octanol–water partition coefficient (Wildman–Crippen LogP) is 5.11. The Labute approximate surface area is 160 Å². The Kier molecular flexibility index (Phi) is 4.53. The van der Waals surface area contributed by atoms with Crippen molar-refractivity contribution in [2.75, 3.05) is 11.1 Å². The number of anilines is 1. The number of thioether (sulfide) groups is 1. The molecule has 1 aromatic heterocycles. The number of fused-ring (bicyclic) bond motifs is 2. The van der Waals surface area contributed by atoms with Crippen molar-refractivity contribution >= 4 is 45.2 Å². The van der Waals surface area contributed by atoms with Crippen molar-refractivity contribution in [2.45, 2.75) is 6.92 Å². The number of rotatable bonds is 4. The second kappa shape index (κ2) is 7.14. The Morgan fingerprint density at radius 1 is 1.22 bits per heavy atom.